The highest BCUT2D eigenvalue weighted by atomic mass is 32.2. The van der Waals surface area contributed by atoms with Gasteiger partial charge in [-0.15, -0.1) is 0 Å². The van der Waals surface area contributed by atoms with Crippen molar-refractivity contribution in [3.8, 4) is 0 Å². The first-order chi connectivity index (χ1) is 17.0. The standard InChI is InChI=1S/C27H38N4O4S/c1-20-15-16-21(2)25(17-20)31(36(34,35)29(4)5)19-26(32)30(18-23-11-7-6-8-12-23)22(3)27(33)28-24-13-9-10-14-24/h6-8,11-12,15-17,22,24H,9-10,13-14,18-19H2,1-5H3,(H,28,33)/t22-/m0/s1. The van der Waals surface area contributed by atoms with Gasteiger partial charge in [0.15, 0.2) is 0 Å². The molecule has 0 spiro atoms. The van der Waals surface area contributed by atoms with Crippen molar-refractivity contribution >= 4 is 27.7 Å². The van der Waals surface area contributed by atoms with Crippen molar-refractivity contribution in [3.05, 3.63) is 65.2 Å². The Morgan fingerprint density at radius 2 is 1.67 bits per heavy atom. The molecule has 2 amide bonds. The molecule has 0 saturated heterocycles. The monoisotopic (exact) mass is 514 g/mol. The highest BCUT2D eigenvalue weighted by Gasteiger charge is 2.34. The number of nitrogens with zero attached hydrogens (tertiary/aromatic N) is 3. The van der Waals surface area contributed by atoms with Gasteiger partial charge in [-0.2, -0.15) is 12.7 Å². The Kier molecular flexibility index (Phi) is 9.13. The third kappa shape index (κ3) is 6.64. The van der Waals surface area contributed by atoms with Crippen LogP contribution in [0.2, 0.25) is 0 Å². The molecule has 0 heterocycles. The molecule has 1 atom stereocenters. The molecule has 0 unspecified atom stereocenters. The molecule has 3 rings (SSSR count). The number of anilines is 1. The zero-order valence-electron chi connectivity index (χ0n) is 21.9. The maximum absolute atomic E-state index is 13.8. The van der Waals surface area contributed by atoms with E-state index >= 15 is 0 Å². The summed E-state index contributed by atoms with van der Waals surface area (Å²) in [5.74, 6) is -0.667. The van der Waals surface area contributed by atoms with Crippen molar-refractivity contribution in [1.29, 1.82) is 0 Å². The molecular formula is C27H38N4O4S. The van der Waals surface area contributed by atoms with Gasteiger partial charge in [0.05, 0.1) is 5.69 Å². The zero-order chi connectivity index (χ0) is 26.5. The minimum atomic E-state index is -3.98. The molecule has 1 aliphatic carbocycles. The summed E-state index contributed by atoms with van der Waals surface area (Å²) in [4.78, 5) is 28.4. The molecule has 1 fully saturated rings. The van der Waals surface area contributed by atoms with Crippen LogP contribution in [0.25, 0.3) is 0 Å². The van der Waals surface area contributed by atoms with Crippen LogP contribution in [-0.2, 0) is 26.3 Å². The number of hydrogen-bond donors (Lipinski definition) is 1. The summed E-state index contributed by atoms with van der Waals surface area (Å²) in [5, 5.41) is 3.08. The second-order valence-corrected chi connectivity index (χ2v) is 11.8. The highest BCUT2D eigenvalue weighted by molar-refractivity contribution is 7.90. The topological polar surface area (TPSA) is 90.0 Å². The van der Waals surface area contributed by atoms with Gasteiger partial charge in [0.2, 0.25) is 11.8 Å². The van der Waals surface area contributed by atoms with Crippen LogP contribution in [-0.4, -0.2) is 62.2 Å². The maximum Gasteiger partial charge on any atom is 0.304 e. The fourth-order valence-corrected chi connectivity index (χ4v) is 5.56. The quantitative estimate of drug-likeness (QED) is 0.526. The van der Waals surface area contributed by atoms with Crippen molar-refractivity contribution in [1.82, 2.24) is 14.5 Å². The predicted molar refractivity (Wildman–Crippen MR) is 143 cm³/mol. The van der Waals surface area contributed by atoms with Crippen molar-refractivity contribution < 1.29 is 18.0 Å². The second-order valence-electron chi connectivity index (χ2n) is 9.76. The lowest BCUT2D eigenvalue weighted by atomic mass is 10.1. The average molecular weight is 515 g/mol. The molecule has 9 heteroatoms. The molecule has 8 nitrogen and oxygen atoms in total. The van der Waals surface area contributed by atoms with Gasteiger partial charge in [-0.1, -0.05) is 55.3 Å². The summed E-state index contributed by atoms with van der Waals surface area (Å²) in [6.45, 7) is 5.17. The Morgan fingerprint density at radius 3 is 2.28 bits per heavy atom. The van der Waals surface area contributed by atoms with Crippen LogP contribution in [0.5, 0.6) is 0 Å². The number of nitrogens with one attached hydrogen (secondary N) is 1. The summed E-state index contributed by atoms with van der Waals surface area (Å²) < 4.78 is 28.9. The zero-order valence-corrected chi connectivity index (χ0v) is 22.7. The fraction of sp³-hybridized carbons (Fsp3) is 0.481. The van der Waals surface area contributed by atoms with Crippen LogP contribution in [0.15, 0.2) is 48.5 Å². The van der Waals surface area contributed by atoms with Gasteiger partial charge < -0.3 is 10.2 Å². The Balaban J connectivity index is 1.94. The maximum atomic E-state index is 13.8. The molecule has 1 saturated carbocycles. The molecule has 2 aromatic rings. The summed E-state index contributed by atoms with van der Waals surface area (Å²) in [6.07, 6.45) is 4.04. The fourth-order valence-electron chi connectivity index (χ4n) is 4.44. The number of carbonyl (C=O) groups excluding carboxylic acids is 2. The van der Waals surface area contributed by atoms with E-state index in [1.165, 1.54) is 19.0 Å². The predicted octanol–water partition coefficient (Wildman–Crippen LogP) is 3.39. The Morgan fingerprint density at radius 1 is 1.03 bits per heavy atom. The van der Waals surface area contributed by atoms with E-state index in [9.17, 15) is 18.0 Å². The molecular weight excluding hydrogens is 476 g/mol. The lowest BCUT2D eigenvalue weighted by Gasteiger charge is -2.33. The van der Waals surface area contributed by atoms with E-state index in [-0.39, 0.29) is 18.5 Å². The van der Waals surface area contributed by atoms with Gasteiger partial charge in [-0.05, 0) is 56.4 Å². The van der Waals surface area contributed by atoms with E-state index in [0.29, 0.717) is 5.69 Å². The van der Waals surface area contributed by atoms with Gasteiger partial charge in [0, 0.05) is 26.7 Å². The van der Waals surface area contributed by atoms with Crippen LogP contribution in [0, 0.1) is 13.8 Å². The second kappa shape index (κ2) is 11.9. The molecule has 2 aromatic carbocycles. The van der Waals surface area contributed by atoms with Gasteiger partial charge >= 0.3 is 10.2 Å². The van der Waals surface area contributed by atoms with E-state index in [0.717, 1.165) is 51.0 Å². The SMILES string of the molecule is Cc1ccc(C)c(N(CC(=O)N(Cc2ccccc2)[C@@H](C)C(=O)NC2CCCC2)S(=O)(=O)N(C)C)c1. The smallest absolute Gasteiger partial charge is 0.304 e. The van der Waals surface area contributed by atoms with Crippen molar-refractivity contribution in [2.75, 3.05) is 24.9 Å². The molecule has 0 radical (unpaired) electrons. The average Bonchev–Trinajstić information content (AvgIpc) is 3.35. The number of carbonyl (C=O) groups is 2. The van der Waals surface area contributed by atoms with Gasteiger partial charge in [0.1, 0.15) is 12.6 Å². The van der Waals surface area contributed by atoms with E-state index in [1.807, 2.05) is 56.3 Å². The third-order valence-corrected chi connectivity index (χ3v) is 8.52. The molecule has 36 heavy (non-hydrogen) atoms. The first-order valence-electron chi connectivity index (χ1n) is 12.4. The lowest BCUT2D eigenvalue weighted by Crippen LogP contribution is -2.53. The molecule has 196 valence electrons. The molecule has 0 aromatic heterocycles. The van der Waals surface area contributed by atoms with Crippen molar-refractivity contribution in [2.24, 2.45) is 0 Å². The Hall–Kier alpha value is -2.91. The number of rotatable bonds is 10. The molecule has 0 bridgehead atoms. The third-order valence-electron chi connectivity index (χ3n) is 6.72. The minimum absolute atomic E-state index is 0.120. The van der Waals surface area contributed by atoms with Crippen molar-refractivity contribution in [2.45, 2.75) is 65.1 Å². The number of benzene rings is 2. The molecule has 0 aliphatic heterocycles. The van der Waals surface area contributed by atoms with Crippen LogP contribution < -0.4 is 9.62 Å². The summed E-state index contributed by atoms with van der Waals surface area (Å²) >= 11 is 0. The summed E-state index contributed by atoms with van der Waals surface area (Å²) in [6, 6.07) is 14.3. The largest absolute Gasteiger partial charge is 0.352 e. The van der Waals surface area contributed by atoms with Gasteiger partial charge in [-0.25, -0.2) is 4.31 Å². The number of amides is 2. The van der Waals surface area contributed by atoms with E-state index < -0.39 is 28.7 Å². The highest BCUT2D eigenvalue weighted by Crippen LogP contribution is 2.26. The minimum Gasteiger partial charge on any atom is -0.352 e. The van der Waals surface area contributed by atoms with E-state index in [2.05, 4.69) is 5.32 Å². The Bertz CT molecular complexity index is 1160. The van der Waals surface area contributed by atoms with E-state index in [4.69, 9.17) is 0 Å². The summed E-state index contributed by atoms with van der Waals surface area (Å²) in [7, 11) is -1.10. The van der Waals surface area contributed by atoms with Crippen LogP contribution >= 0.6 is 0 Å². The number of aryl methyl sites for hydroxylation is 2. The van der Waals surface area contributed by atoms with Gasteiger partial charge in [-0.3, -0.25) is 9.59 Å². The molecule has 1 aliphatic rings. The van der Waals surface area contributed by atoms with Gasteiger partial charge in [0.25, 0.3) is 0 Å². The summed E-state index contributed by atoms with van der Waals surface area (Å²) in [5.41, 5.74) is 2.92. The first kappa shape index (κ1) is 27.7. The Labute approximate surface area is 215 Å². The normalized spacial score (nSPS) is 15.1. The van der Waals surface area contributed by atoms with Crippen LogP contribution in [0.3, 0.4) is 0 Å². The van der Waals surface area contributed by atoms with Crippen molar-refractivity contribution in [3.63, 3.8) is 0 Å². The first-order valence-corrected chi connectivity index (χ1v) is 13.8. The van der Waals surface area contributed by atoms with E-state index in [1.54, 1.807) is 13.0 Å². The lowest BCUT2D eigenvalue weighted by molar-refractivity contribution is -0.139. The number of hydrogen-bond acceptors (Lipinski definition) is 4. The van der Waals surface area contributed by atoms with Crippen LogP contribution in [0.1, 0.15) is 49.3 Å². The van der Waals surface area contributed by atoms with Crippen LogP contribution in [0.4, 0.5) is 5.69 Å². The molecule has 1 N–H and O–H groups in total.